The molecule has 0 amide bonds. The van der Waals surface area contributed by atoms with E-state index in [0.717, 1.165) is 0 Å². The lowest BCUT2D eigenvalue weighted by Crippen LogP contribution is -2.22. The second kappa shape index (κ2) is 9.45. The molecule has 0 unspecified atom stereocenters. The van der Waals surface area contributed by atoms with E-state index in [9.17, 15) is 4.79 Å². The maximum atomic E-state index is 12.5. The standard InChI is InChI=1S/C20H18Cl2N4O3/c1-3-29-17-10-13(9-15(21)19(17)28-2)11-23-25-16-12-24-26(20(27)18(16)22)14-7-5-4-6-8-14/h4-12,25H,3H2,1-2H3/b23-11-. The predicted octanol–water partition coefficient (Wildman–Crippen LogP) is 4.39. The van der Waals surface area contributed by atoms with Crippen LogP contribution in [0, 0.1) is 0 Å². The molecule has 0 saturated heterocycles. The Balaban J connectivity index is 1.82. The molecule has 1 N–H and O–H groups in total. The van der Waals surface area contributed by atoms with Crippen LogP contribution in [0.3, 0.4) is 0 Å². The molecule has 0 saturated carbocycles. The van der Waals surface area contributed by atoms with E-state index in [1.807, 2.05) is 25.1 Å². The summed E-state index contributed by atoms with van der Waals surface area (Å²) in [5.74, 6) is 0.963. The van der Waals surface area contributed by atoms with Gasteiger partial charge in [-0.3, -0.25) is 10.2 Å². The average Bonchev–Trinajstić information content (AvgIpc) is 2.72. The predicted molar refractivity (Wildman–Crippen MR) is 115 cm³/mol. The minimum Gasteiger partial charge on any atom is -0.491 e. The van der Waals surface area contributed by atoms with Gasteiger partial charge in [-0.15, -0.1) is 0 Å². The van der Waals surface area contributed by atoms with E-state index in [1.165, 1.54) is 24.2 Å². The number of para-hydroxylation sites is 1. The van der Waals surface area contributed by atoms with Gasteiger partial charge in [-0.05, 0) is 36.8 Å². The summed E-state index contributed by atoms with van der Waals surface area (Å²) in [7, 11) is 1.52. The summed E-state index contributed by atoms with van der Waals surface area (Å²) in [6, 6.07) is 12.4. The molecule has 0 aliphatic carbocycles. The minimum absolute atomic E-state index is 0.0243. The first-order chi connectivity index (χ1) is 14.0. The molecular formula is C20H18Cl2N4O3. The number of aromatic nitrogens is 2. The minimum atomic E-state index is -0.454. The smallest absolute Gasteiger partial charge is 0.292 e. The molecular weight excluding hydrogens is 415 g/mol. The molecule has 0 bridgehead atoms. The average molecular weight is 433 g/mol. The van der Waals surface area contributed by atoms with Crippen LogP contribution in [0.2, 0.25) is 10.0 Å². The molecule has 7 nitrogen and oxygen atoms in total. The lowest BCUT2D eigenvalue weighted by Gasteiger charge is -2.11. The molecule has 0 aliphatic heterocycles. The van der Waals surface area contributed by atoms with Crippen molar-refractivity contribution >= 4 is 35.1 Å². The molecule has 1 heterocycles. The fourth-order valence-electron chi connectivity index (χ4n) is 2.56. The van der Waals surface area contributed by atoms with Gasteiger partial charge >= 0.3 is 0 Å². The lowest BCUT2D eigenvalue weighted by atomic mass is 10.2. The largest absolute Gasteiger partial charge is 0.491 e. The van der Waals surface area contributed by atoms with Crippen LogP contribution in [0.25, 0.3) is 5.69 Å². The van der Waals surface area contributed by atoms with Gasteiger partial charge in [0.15, 0.2) is 11.5 Å². The van der Waals surface area contributed by atoms with E-state index >= 15 is 0 Å². The number of hydrazone groups is 1. The van der Waals surface area contributed by atoms with Crippen LogP contribution < -0.4 is 20.5 Å². The Morgan fingerprint density at radius 2 is 2.00 bits per heavy atom. The zero-order valence-corrected chi connectivity index (χ0v) is 17.2. The van der Waals surface area contributed by atoms with Crippen molar-refractivity contribution in [2.24, 2.45) is 5.10 Å². The molecule has 2 aromatic carbocycles. The van der Waals surface area contributed by atoms with E-state index < -0.39 is 5.56 Å². The zero-order valence-electron chi connectivity index (χ0n) is 15.7. The van der Waals surface area contributed by atoms with Crippen molar-refractivity contribution < 1.29 is 9.47 Å². The number of methoxy groups -OCH3 is 1. The fraction of sp³-hybridized carbons (Fsp3) is 0.150. The third-order valence-corrected chi connectivity index (χ3v) is 4.50. The van der Waals surface area contributed by atoms with Crippen molar-refractivity contribution in [3.05, 3.63) is 74.6 Å². The molecule has 0 spiro atoms. The van der Waals surface area contributed by atoms with E-state index in [1.54, 1.807) is 24.3 Å². The van der Waals surface area contributed by atoms with Crippen LogP contribution in [-0.4, -0.2) is 29.7 Å². The fourth-order valence-corrected chi connectivity index (χ4v) is 3.03. The van der Waals surface area contributed by atoms with Gasteiger partial charge in [-0.1, -0.05) is 41.4 Å². The van der Waals surface area contributed by atoms with Crippen molar-refractivity contribution in [2.75, 3.05) is 19.1 Å². The highest BCUT2D eigenvalue weighted by molar-refractivity contribution is 6.33. The SMILES string of the molecule is CCOc1cc(/C=N\Nc2cnn(-c3ccccc3)c(=O)c2Cl)cc(Cl)c1OC. The lowest BCUT2D eigenvalue weighted by molar-refractivity contribution is 0.311. The Kier molecular flexibility index (Phi) is 6.74. The van der Waals surface area contributed by atoms with Gasteiger partial charge < -0.3 is 9.47 Å². The number of ether oxygens (including phenoxy) is 2. The second-order valence-electron chi connectivity index (χ2n) is 5.76. The highest BCUT2D eigenvalue weighted by Gasteiger charge is 2.12. The molecule has 150 valence electrons. The van der Waals surface area contributed by atoms with Gasteiger partial charge in [0.1, 0.15) is 10.7 Å². The third-order valence-electron chi connectivity index (χ3n) is 3.85. The normalized spacial score (nSPS) is 10.9. The first-order valence-electron chi connectivity index (χ1n) is 8.67. The summed E-state index contributed by atoms with van der Waals surface area (Å²) >= 11 is 12.4. The molecule has 1 aromatic heterocycles. The van der Waals surface area contributed by atoms with Gasteiger partial charge in [0.25, 0.3) is 5.56 Å². The summed E-state index contributed by atoms with van der Waals surface area (Å²) in [5.41, 5.74) is 3.85. The first kappa shape index (κ1) is 20.7. The number of nitrogens with one attached hydrogen (secondary N) is 1. The topological polar surface area (TPSA) is 77.7 Å². The van der Waals surface area contributed by atoms with Gasteiger partial charge in [-0.2, -0.15) is 14.9 Å². The third kappa shape index (κ3) is 4.70. The summed E-state index contributed by atoms with van der Waals surface area (Å²) in [5, 5.41) is 8.62. The Bertz CT molecular complexity index is 1090. The number of hydrogen-bond acceptors (Lipinski definition) is 6. The van der Waals surface area contributed by atoms with Crippen LogP contribution in [0.5, 0.6) is 11.5 Å². The summed E-state index contributed by atoms with van der Waals surface area (Å²) in [6.07, 6.45) is 2.95. The van der Waals surface area contributed by atoms with Gasteiger partial charge in [-0.25, -0.2) is 0 Å². The molecule has 9 heteroatoms. The summed E-state index contributed by atoms with van der Waals surface area (Å²) in [6.45, 7) is 2.33. The van der Waals surface area contributed by atoms with Crippen molar-refractivity contribution in [1.29, 1.82) is 0 Å². The number of halogens is 2. The summed E-state index contributed by atoms with van der Waals surface area (Å²) in [4.78, 5) is 12.5. The molecule has 0 aliphatic rings. The number of hydrogen-bond donors (Lipinski definition) is 1. The van der Waals surface area contributed by atoms with Crippen molar-refractivity contribution in [3.8, 4) is 17.2 Å². The van der Waals surface area contributed by atoms with E-state index in [2.05, 4.69) is 15.6 Å². The Labute approximate surface area is 177 Å². The van der Waals surface area contributed by atoms with Crippen molar-refractivity contribution in [1.82, 2.24) is 9.78 Å². The van der Waals surface area contributed by atoms with E-state index in [-0.39, 0.29) is 10.7 Å². The molecule has 3 rings (SSSR count). The first-order valence-corrected chi connectivity index (χ1v) is 9.43. The van der Waals surface area contributed by atoms with Crippen molar-refractivity contribution in [3.63, 3.8) is 0 Å². The Hall–Kier alpha value is -3.03. The zero-order chi connectivity index (χ0) is 20.8. The number of anilines is 1. The monoisotopic (exact) mass is 432 g/mol. The maximum Gasteiger partial charge on any atom is 0.292 e. The van der Waals surface area contributed by atoms with Crippen molar-refractivity contribution in [2.45, 2.75) is 6.92 Å². The quantitative estimate of drug-likeness (QED) is 0.442. The summed E-state index contributed by atoms with van der Waals surface area (Å²) < 4.78 is 12.0. The Morgan fingerprint density at radius 3 is 2.69 bits per heavy atom. The van der Waals surface area contributed by atoms with Crippen LogP contribution in [0.15, 0.2) is 58.6 Å². The molecule has 0 radical (unpaired) electrons. The Morgan fingerprint density at radius 1 is 1.24 bits per heavy atom. The molecule has 29 heavy (non-hydrogen) atoms. The maximum absolute atomic E-state index is 12.5. The number of nitrogens with zero attached hydrogens (tertiary/aromatic N) is 3. The highest BCUT2D eigenvalue weighted by Crippen LogP contribution is 2.35. The number of benzene rings is 2. The molecule has 3 aromatic rings. The van der Waals surface area contributed by atoms with Gasteiger partial charge in [0.2, 0.25) is 0 Å². The van der Waals surface area contributed by atoms with E-state index in [0.29, 0.717) is 34.4 Å². The van der Waals surface area contributed by atoms with E-state index in [4.69, 9.17) is 32.7 Å². The van der Waals surface area contributed by atoms with Gasteiger partial charge in [0, 0.05) is 0 Å². The van der Waals surface area contributed by atoms with Crippen LogP contribution >= 0.6 is 23.2 Å². The second-order valence-corrected chi connectivity index (χ2v) is 6.55. The number of rotatable bonds is 7. The van der Waals surface area contributed by atoms with Crippen LogP contribution in [0.4, 0.5) is 5.69 Å². The highest BCUT2D eigenvalue weighted by atomic mass is 35.5. The van der Waals surface area contributed by atoms with Gasteiger partial charge in [0.05, 0.1) is 36.8 Å². The van der Waals surface area contributed by atoms with Crippen LogP contribution in [-0.2, 0) is 0 Å². The van der Waals surface area contributed by atoms with Crippen LogP contribution in [0.1, 0.15) is 12.5 Å². The molecule has 0 fully saturated rings. The molecule has 0 atom stereocenters.